The number of aryl methyl sites for hydroxylation is 1. The molecule has 0 spiro atoms. The van der Waals surface area contributed by atoms with E-state index in [1.165, 1.54) is 6.07 Å². The molecule has 0 radical (unpaired) electrons. The Morgan fingerprint density at radius 3 is 2.94 bits per heavy atom. The van der Waals surface area contributed by atoms with E-state index in [0.29, 0.717) is 5.82 Å². The fourth-order valence-electron chi connectivity index (χ4n) is 1.43. The smallest absolute Gasteiger partial charge is 0.252 e. The lowest BCUT2D eigenvalue weighted by Crippen LogP contribution is -2.14. The summed E-state index contributed by atoms with van der Waals surface area (Å²) in [6.45, 7) is 3.53. The molecule has 1 aromatic heterocycles. The molecule has 0 aliphatic heterocycles. The van der Waals surface area contributed by atoms with E-state index < -0.39 is 0 Å². The van der Waals surface area contributed by atoms with Crippen LogP contribution in [0.3, 0.4) is 0 Å². The summed E-state index contributed by atoms with van der Waals surface area (Å²) in [5.41, 5.74) is 5.30. The highest BCUT2D eigenvalue weighted by Gasteiger charge is 1.98. The van der Waals surface area contributed by atoms with Crippen LogP contribution in [0.15, 0.2) is 10.9 Å². The highest BCUT2D eigenvalue weighted by Crippen LogP contribution is 2.01. The second kappa shape index (κ2) is 7.00. The minimum absolute atomic E-state index is 0.101. The molecule has 90 valence electrons. The SMILES string of the molecule is CCc1nc(NCCCCCN)cc(=O)[nH]1. The first-order valence-corrected chi connectivity index (χ1v) is 5.80. The largest absolute Gasteiger partial charge is 0.370 e. The maximum atomic E-state index is 11.3. The average molecular weight is 224 g/mol. The van der Waals surface area contributed by atoms with Gasteiger partial charge in [-0.3, -0.25) is 4.79 Å². The van der Waals surface area contributed by atoms with Crippen LogP contribution in [0.1, 0.15) is 32.0 Å². The Hall–Kier alpha value is -1.36. The molecule has 0 bridgehead atoms. The van der Waals surface area contributed by atoms with Crippen molar-refractivity contribution >= 4 is 5.82 Å². The van der Waals surface area contributed by atoms with Crippen molar-refractivity contribution in [2.75, 3.05) is 18.4 Å². The van der Waals surface area contributed by atoms with Gasteiger partial charge < -0.3 is 16.0 Å². The van der Waals surface area contributed by atoms with Gasteiger partial charge >= 0.3 is 0 Å². The number of nitrogens with one attached hydrogen (secondary N) is 2. The van der Waals surface area contributed by atoms with Crippen molar-refractivity contribution in [2.24, 2.45) is 5.73 Å². The predicted octanol–water partition coefficient (Wildman–Crippen LogP) is 0.873. The Bertz CT molecular complexity index is 361. The molecular weight excluding hydrogens is 204 g/mol. The lowest BCUT2D eigenvalue weighted by molar-refractivity contribution is 0.705. The summed E-state index contributed by atoms with van der Waals surface area (Å²) >= 11 is 0. The molecule has 5 nitrogen and oxygen atoms in total. The van der Waals surface area contributed by atoms with Crippen molar-refractivity contribution in [1.29, 1.82) is 0 Å². The number of rotatable bonds is 7. The molecule has 0 atom stereocenters. The van der Waals surface area contributed by atoms with Gasteiger partial charge in [-0.1, -0.05) is 13.3 Å². The molecule has 0 unspecified atom stereocenters. The molecule has 1 heterocycles. The molecule has 1 aromatic rings. The van der Waals surface area contributed by atoms with Gasteiger partial charge in [-0.05, 0) is 19.4 Å². The van der Waals surface area contributed by atoms with Crippen LogP contribution >= 0.6 is 0 Å². The fraction of sp³-hybridized carbons (Fsp3) is 0.636. The van der Waals surface area contributed by atoms with Crippen molar-refractivity contribution in [1.82, 2.24) is 9.97 Å². The standard InChI is InChI=1S/C11H20N4O/c1-2-9-14-10(8-11(16)15-9)13-7-5-3-4-6-12/h8H,2-7,12H2,1H3,(H2,13,14,15,16). The number of unbranched alkanes of at least 4 members (excludes halogenated alkanes) is 2. The Labute approximate surface area is 95.5 Å². The molecule has 4 N–H and O–H groups in total. The Kier molecular flexibility index (Phi) is 5.56. The third kappa shape index (κ3) is 4.44. The van der Waals surface area contributed by atoms with Crippen LogP contribution in [-0.2, 0) is 6.42 Å². The summed E-state index contributed by atoms with van der Waals surface area (Å²) in [6.07, 6.45) is 3.93. The van der Waals surface area contributed by atoms with Gasteiger partial charge in [0.05, 0.1) is 0 Å². The Morgan fingerprint density at radius 1 is 1.44 bits per heavy atom. The van der Waals surface area contributed by atoms with Crippen molar-refractivity contribution in [3.05, 3.63) is 22.2 Å². The summed E-state index contributed by atoms with van der Waals surface area (Å²) in [5.74, 6) is 1.38. The summed E-state index contributed by atoms with van der Waals surface area (Å²) in [5, 5.41) is 3.15. The highest BCUT2D eigenvalue weighted by atomic mass is 16.1. The summed E-state index contributed by atoms with van der Waals surface area (Å²) in [6, 6.07) is 1.49. The zero-order valence-corrected chi connectivity index (χ0v) is 9.75. The van der Waals surface area contributed by atoms with E-state index in [2.05, 4.69) is 15.3 Å². The average Bonchev–Trinajstić information content (AvgIpc) is 2.28. The topological polar surface area (TPSA) is 83.8 Å². The van der Waals surface area contributed by atoms with E-state index in [4.69, 9.17) is 5.73 Å². The first-order chi connectivity index (χ1) is 7.76. The van der Waals surface area contributed by atoms with Crippen molar-refractivity contribution in [3.8, 4) is 0 Å². The monoisotopic (exact) mass is 224 g/mol. The number of H-pyrrole nitrogens is 1. The molecular formula is C11H20N4O. The van der Waals surface area contributed by atoms with E-state index in [1.54, 1.807) is 0 Å². The molecule has 0 amide bonds. The minimum atomic E-state index is -0.101. The molecule has 1 rings (SSSR count). The van der Waals surface area contributed by atoms with E-state index in [9.17, 15) is 4.79 Å². The number of aromatic nitrogens is 2. The normalized spacial score (nSPS) is 10.4. The van der Waals surface area contributed by atoms with Crippen LogP contribution < -0.4 is 16.6 Å². The lowest BCUT2D eigenvalue weighted by atomic mass is 10.2. The second-order valence-electron chi connectivity index (χ2n) is 3.71. The predicted molar refractivity (Wildman–Crippen MR) is 65.6 cm³/mol. The van der Waals surface area contributed by atoms with Gasteiger partial charge in [-0.25, -0.2) is 4.98 Å². The van der Waals surface area contributed by atoms with Gasteiger partial charge in [0, 0.05) is 19.0 Å². The molecule has 0 aliphatic carbocycles. The third-order valence-corrected chi connectivity index (χ3v) is 2.31. The number of nitrogens with zero attached hydrogens (tertiary/aromatic N) is 1. The number of aromatic amines is 1. The maximum absolute atomic E-state index is 11.3. The van der Waals surface area contributed by atoms with Crippen LogP contribution in [0.5, 0.6) is 0 Å². The van der Waals surface area contributed by atoms with Gasteiger partial charge in [0.25, 0.3) is 5.56 Å². The van der Waals surface area contributed by atoms with Crippen LogP contribution in [0.2, 0.25) is 0 Å². The zero-order chi connectivity index (χ0) is 11.8. The van der Waals surface area contributed by atoms with Crippen molar-refractivity contribution < 1.29 is 0 Å². The third-order valence-electron chi connectivity index (χ3n) is 2.31. The van der Waals surface area contributed by atoms with Crippen molar-refractivity contribution in [2.45, 2.75) is 32.6 Å². The molecule has 0 fully saturated rings. The van der Waals surface area contributed by atoms with E-state index in [1.807, 2.05) is 6.92 Å². The molecule has 0 saturated carbocycles. The number of hydrogen-bond donors (Lipinski definition) is 3. The fourth-order valence-corrected chi connectivity index (χ4v) is 1.43. The molecule has 5 heteroatoms. The Balaban J connectivity index is 2.41. The van der Waals surface area contributed by atoms with Gasteiger partial charge in [-0.2, -0.15) is 0 Å². The van der Waals surface area contributed by atoms with E-state index in [-0.39, 0.29) is 5.56 Å². The Morgan fingerprint density at radius 2 is 2.25 bits per heavy atom. The van der Waals surface area contributed by atoms with Gasteiger partial charge in [0.2, 0.25) is 0 Å². The molecule has 0 aliphatic rings. The van der Waals surface area contributed by atoms with Gasteiger partial charge in [0.15, 0.2) is 0 Å². The summed E-state index contributed by atoms with van der Waals surface area (Å²) < 4.78 is 0. The summed E-state index contributed by atoms with van der Waals surface area (Å²) in [4.78, 5) is 18.2. The van der Waals surface area contributed by atoms with Crippen LogP contribution in [0.4, 0.5) is 5.82 Å². The quantitative estimate of drug-likeness (QED) is 0.600. The molecule has 0 aromatic carbocycles. The van der Waals surface area contributed by atoms with Gasteiger partial charge in [0.1, 0.15) is 11.6 Å². The minimum Gasteiger partial charge on any atom is -0.370 e. The van der Waals surface area contributed by atoms with Crippen molar-refractivity contribution in [3.63, 3.8) is 0 Å². The first-order valence-electron chi connectivity index (χ1n) is 5.80. The number of hydrogen-bond acceptors (Lipinski definition) is 4. The molecule has 0 saturated heterocycles. The first kappa shape index (κ1) is 12.7. The van der Waals surface area contributed by atoms with E-state index in [0.717, 1.165) is 44.6 Å². The van der Waals surface area contributed by atoms with Crippen LogP contribution in [-0.4, -0.2) is 23.1 Å². The lowest BCUT2D eigenvalue weighted by Gasteiger charge is -2.05. The highest BCUT2D eigenvalue weighted by molar-refractivity contribution is 5.32. The van der Waals surface area contributed by atoms with E-state index >= 15 is 0 Å². The zero-order valence-electron chi connectivity index (χ0n) is 9.75. The van der Waals surface area contributed by atoms with Crippen LogP contribution in [0, 0.1) is 0 Å². The second-order valence-corrected chi connectivity index (χ2v) is 3.71. The summed E-state index contributed by atoms with van der Waals surface area (Å²) in [7, 11) is 0. The number of anilines is 1. The molecule has 16 heavy (non-hydrogen) atoms. The number of nitrogens with two attached hydrogens (primary N) is 1. The van der Waals surface area contributed by atoms with Crippen LogP contribution in [0.25, 0.3) is 0 Å². The van der Waals surface area contributed by atoms with Gasteiger partial charge in [-0.15, -0.1) is 0 Å². The maximum Gasteiger partial charge on any atom is 0.252 e.